The number of hydrogen-bond donors (Lipinski definition) is 0. The second kappa shape index (κ2) is 3.53. The molecule has 0 amide bonds. The van der Waals surface area contributed by atoms with Gasteiger partial charge in [-0.1, -0.05) is 0 Å². The Bertz CT molecular complexity index is 110. The van der Waals surface area contributed by atoms with Crippen molar-refractivity contribution >= 4 is 11.6 Å². The van der Waals surface area contributed by atoms with E-state index < -0.39 is 0 Å². The molecule has 2 atom stereocenters. The maximum Gasteiger partial charge on any atom is 0.218 e. The van der Waals surface area contributed by atoms with E-state index in [4.69, 9.17) is 21.1 Å². The van der Waals surface area contributed by atoms with Crippen LogP contribution in [0.3, 0.4) is 0 Å². The second-order valence-corrected chi connectivity index (χ2v) is 2.82. The molecule has 60 valence electrons. The minimum Gasteiger partial charge on any atom is -0.337 e. The van der Waals surface area contributed by atoms with Gasteiger partial charge in [0.1, 0.15) is 0 Å². The molecule has 0 N–H and O–H groups in total. The zero-order chi connectivity index (χ0) is 7.56. The zero-order valence-electron chi connectivity index (χ0n) is 6.21. The lowest BCUT2D eigenvalue weighted by atomic mass is 10.4. The summed E-state index contributed by atoms with van der Waals surface area (Å²) >= 11 is 5.55. The molecule has 0 aliphatic carbocycles. The summed E-state index contributed by atoms with van der Waals surface area (Å²) in [5.41, 5.74) is 0. The van der Waals surface area contributed by atoms with Gasteiger partial charge >= 0.3 is 0 Å². The maximum absolute atomic E-state index is 5.55. The van der Waals surface area contributed by atoms with E-state index in [1.807, 2.05) is 19.0 Å². The van der Waals surface area contributed by atoms with Crippen molar-refractivity contribution in [2.75, 3.05) is 26.6 Å². The van der Waals surface area contributed by atoms with Crippen LogP contribution in [0.15, 0.2) is 0 Å². The van der Waals surface area contributed by atoms with Crippen molar-refractivity contribution in [1.82, 2.24) is 4.90 Å². The number of rotatable bonds is 2. The first-order chi connectivity index (χ1) is 4.74. The lowest BCUT2D eigenvalue weighted by Gasteiger charge is -2.16. The summed E-state index contributed by atoms with van der Waals surface area (Å²) in [5, 5.41) is 0. The highest BCUT2D eigenvalue weighted by Gasteiger charge is 2.26. The van der Waals surface area contributed by atoms with Crippen molar-refractivity contribution in [3.05, 3.63) is 0 Å². The summed E-state index contributed by atoms with van der Waals surface area (Å²) in [6.07, 6.45) is -0.141. The van der Waals surface area contributed by atoms with E-state index in [9.17, 15) is 0 Å². The number of alkyl halides is 1. The molecule has 0 unspecified atom stereocenters. The van der Waals surface area contributed by atoms with Crippen LogP contribution >= 0.6 is 11.6 Å². The normalized spacial score (nSPS) is 33.6. The van der Waals surface area contributed by atoms with Gasteiger partial charge in [-0.2, -0.15) is 0 Å². The van der Waals surface area contributed by atoms with E-state index in [0.717, 1.165) is 0 Å². The Morgan fingerprint density at radius 1 is 1.60 bits per heavy atom. The van der Waals surface area contributed by atoms with Crippen molar-refractivity contribution in [3.63, 3.8) is 0 Å². The largest absolute Gasteiger partial charge is 0.337 e. The Balaban J connectivity index is 2.28. The average molecular weight is 166 g/mol. The van der Waals surface area contributed by atoms with Crippen LogP contribution in [-0.2, 0) is 9.47 Å². The summed E-state index contributed by atoms with van der Waals surface area (Å²) in [6, 6.07) is 0. The van der Waals surface area contributed by atoms with Gasteiger partial charge in [-0.3, -0.25) is 4.90 Å². The Morgan fingerprint density at radius 2 is 2.30 bits per heavy atom. The van der Waals surface area contributed by atoms with Crippen molar-refractivity contribution in [1.29, 1.82) is 0 Å². The fourth-order valence-electron chi connectivity index (χ4n) is 0.785. The SMILES string of the molecule is CN(C)[C@@H]1OC[C@H](CCl)O1. The molecule has 0 aromatic heterocycles. The van der Waals surface area contributed by atoms with E-state index in [1.165, 1.54) is 0 Å². The molecule has 3 nitrogen and oxygen atoms in total. The van der Waals surface area contributed by atoms with Gasteiger partial charge in [0.05, 0.1) is 18.6 Å². The molecular weight excluding hydrogens is 154 g/mol. The van der Waals surface area contributed by atoms with Gasteiger partial charge < -0.3 is 9.47 Å². The second-order valence-electron chi connectivity index (χ2n) is 2.52. The first-order valence-corrected chi connectivity index (χ1v) is 3.77. The van der Waals surface area contributed by atoms with Crippen LogP contribution < -0.4 is 0 Å². The molecule has 1 heterocycles. The molecule has 0 spiro atoms. The summed E-state index contributed by atoms with van der Waals surface area (Å²) in [7, 11) is 3.81. The van der Waals surface area contributed by atoms with Gasteiger partial charge in [-0.15, -0.1) is 11.6 Å². The number of halogens is 1. The summed E-state index contributed by atoms with van der Waals surface area (Å²) in [5.74, 6) is 0.504. The van der Waals surface area contributed by atoms with Crippen LogP contribution in [0.25, 0.3) is 0 Å². The van der Waals surface area contributed by atoms with Crippen LogP contribution in [-0.4, -0.2) is 44.0 Å². The quantitative estimate of drug-likeness (QED) is 0.556. The smallest absolute Gasteiger partial charge is 0.218 e. The summed E-state index contributed by atoms with van der Waals surface area (Å²) in [4.78, 5) is 1.87. The number of nitrogens with zero attached hydrogens (tertiary/aromatic N) is 1. The van der Waals surface area contributed by atoms with Crippen LogP contribution in [0, 0.1) is 0 Å². The highest BCUT2D eigenvalue weighted by Crippen LogP contribution is 2.13. The van der Waals surface area contributed by atoms with Crippen molar-refractivity contribution in [2.24, 2.45) is 0 Å². The van der Waals surface area contributed by atoms with Gasteiger partial charge in [0, 0.05) is 0 Å². The van der Waals surface area contributed by atoms with Gasteiger partial charge in [-0.05, 0) is 14.1 Å². The predicted molar refractivity (Wildman–Crippen MR) is 39.0 cm³/mol. The highest BCUT2D eigenvalue weighted by molar-refractivity contribution is 6.18. The van der Waals surface area contributed by atoms with Crippen LogP contribution in [0.5, 0.6) is 0 Å². The third-order valence-corrected chi connectivity index (χ3v) is 1.67. The molecule has 10 heavy (non-hydrogen) atoms. The Labute approximate surface area is 65.8 Å². The fourth-order valence-corrected chi connectivity index (χ4v) is 0.946. The zero-order valence-corrected chi connectivity index (χ0v) is 6.97. The monoisotopic (exact) mass is 165 g/mol. The highest BCUT2D eigenvalue weighted by atomic mass is 35.5. The molecule has 1 aliphatic rings. The minimum atomic E-state index is -0.205. The van der Waals surface area contributed by atoms with Crippen molar-refractivity contribution < 1.29 is 9.47 Å². The van der Waals surface area contributed by atoms with Crippen LogP contribution in [0.2, 0.25) is 0 Å². The molecule has 0 aromatic rings. The van der Waals surface area contributed by atoms with Crippen molar-refractivity contribution in [2.45, 2.75) is 12.5 Å². The van der Waals surface area contributed by atoms with Crippen molar-refractivity contribution in [3.8, 4) is 0 Å². The first kappa shape index (κ1) is 8.27. The Hall–Kier alpha value is 0.170. The van der Waals surface area contributed by atoms with Crippen LogP contribution in [0.1, 0.15) is 0 Å². The van der Waals surface area contributed by atoms with Gasteiger partial charge in [0.25, 0.3) is 0 Å². The number of hydrogen-bond acceptors (Lipinski definition) is 3. The Kier molecular flexibility index (Phi) is 2.92. The summed E-state index contributed by atoms with van der Waals surface area (Å²) in [6.45, 7) is 0.604. The Morgan fingerprint density at radius 3 is 2.60 bits per heavy atom. The molecule has 1 saturated heterocycles. The van der Waals surface area contributed by atoms with E-state index in [2.05, 4.69) is 0 Å². The lowest BCUT2D eigenvalue weighted by molar-refractivity contribution is -0.141. The molecule has 1 rings (SSSR count). The van der Waals surface area contributed by atoms with E-state index >= 15 is 0 Å². The summed E-state index contributed by atoms with van der Waals surface area (Å²) < 4.78 is 10.6. The lowest BCUT2D eigenvalue weighted by Crippen LogP contribution is -2.29. The van der Waals surface area contributed by atoms with Gasteiger partial charge in [0.2, 0.25) is 6.41 Å². The molecule has 0 bridgehead atoms. The molecule has 1 aliphatic heterocycles. The standard InChI is InChI=1S/C6H12ClNO2/c1-8(2)6-9-4-5(3-7)10-6/h5-6H,3-4H2,1-2H3/t5-,6+/m0/s1. The minimum absolute atomic E-state index is 0.0640. The molecule has 0 saturated carbocycles. The first-order valence-electron chi connectivity index (χ1n) is 3.23. The molecule has 0 radical (unpaired) electrons. The number of ether oxygens (including phenoxy) is 2. The van der Waals surface area contributed by atoms with Gasteiger partial charge in [-0.25, -0.2) is 0 Å². The molecule has 4 heteroatoms. The fraction of sp³-hybridized carbons (Fsp3) is 1.00. The molecular formula is C6H12ClNO2. The molecule has 0 aromatic carbocycles. The van der Waals surface area contributed by atoms with Crippen LogP contribution in [0.4, 0.5) is 0 Å². The third-order valence-electron chi connectivity index (χ3n) is 1.33. The topological polar surface area (TPSA) is 21.7 Å². The van der Waals surface area contributed by atoms with Gasteiger partial charge in [0.15, 0.2) is 0 Å². The average Bonchev–Trinajstić information content (AvgIpc) is 2.34. The van der Waals surface area contributed by atoms with E-state index in [0.29, 0.717) is 12.5 Å². The predicted octanol–water partition coefficient (Wildman–Crippen LogP) is 0.486. The molecule has 1 fully saturated rings. The third kappa shape index (κ3) is 1.83. The maximum atomic E-state index is 5.55. The van der Waals surface area contributed by atoms with E-state index in [-0.39, 0.29) is 12.5 Å². The van der Waals surface area contributed by atoms with E-state index in [1.54, 1.807) is 0 Å².